The summed E-state index contributed by atoms with van der Waals surface area (Å²) in [4.78, 5) is 0. The maximum atomic E-state index is 2.61. The van der Waals surface area contributed by atoms with Gasteiger partial charge in [-0.1, -0.05) is 0 Å². The predicted octanol–water partition coefficient (Wildman–Crippen LogP) is 5.71. The summed E-state index contributed by atoms with van der Waals surface area (Å²) in [6.07, 6.45) is 13.8. The zero-order valence-electron chi connectivity index (χ0n) is 14.2. The van der Waals surface area contributed by atoms with Gasteiger partial charge in [-0.2, -0.15) is 0 Å². The summed E-state index contributed by atoms with van der Waals surface area (Å²) in [7, 11) is 0. The van der Waals surface area contributed by atoms with Gasteiger partial charge in [0.25, 0.3) is 0 Å². The van der Waals surface area contributed by atoms with Gasteiger partial charge < -0.3 is 0 Å². The first kappa shape index (κ1) is 18.9. The van der Waals surface area contributed by atoms with Crippen molar-refractivity contribution in [1.82, 2.24) is 0 Å². The molecule has 0 bridgehead atoms. The molecule has 2 aromatic rings. The molecule has 0 aliphatic heterocycles. The normalized spacial score (nSPS) is 11.2. The van der Waals surface area contributed by atoms with E-state index in [9.17, 15) is 0 Å². The summed E-state index contributed by atoms with van der Waals surface area (Å²) >= 11 is 0.00617. The van der Waals surface area contributed by atoms with E-state index in [1.54, 1.807) is 18.3 Å². The van der Waals surface area contributed by atoms with Crippen LogP contribution in [0.3, 0.4) is 0 Å². The van der Waals surface area contributed by atoms with Crippen LogP contribution in [0.1, 0.15) is 76.3 Å². The topological polar surface area (TPSA) is 0 Å². The molecular formula is C20H30Te2. The third-order valence-electron chi connectivity index (χ3n) is 4.19. The molecule has 2 heterocycles. The summed E-state index contributed by atoms with van der Waals surface area (Å²) in [6.45, 7) is 4.59. The molecule has 0 radical (unpaired) electrons. The number of hydrogen-bond donors (Lipinski definition) is 0. The fourth-order valence-electron chi connectivity index (χ4n) is 2.78. The first-order chi connectivity index (χ1) is 10.8. The van der Waals surface area contributed by atoms with Crippen molar-refractivity contribution >= 4 is 40.9 Å². The molecule has 0 nitrogen and oxygen atoms in total. The van der Waals surface area contributed by atoms with E-state index in [0.29, 0.717) is 0 Å². The van der Waals surface area contributed by atoms with Crippen LogP contribution in [0.5, 0.6) is 0 Å². The van der Waals surface area contributed by atoms with E-state index in [0.717, 1.165) is 0 Å². The van der Waals surface area contributed by atoms with E-state index < -0.39 is 0 Å². The Balaban J connectivity index is 1.81. The Kier molecular flexibility index (Phi) is 9.57. The van der Waals surface area contributed by atoms with E-state index in [-0.39, 0.29) is 40.9 Å². The minimum absolute atomic E-state index is 0.00309. The second-order valence-corrected chi connectivity index (χ2v) is 11.5. The Morgan fingerprint density at radius 2 is 1.09 bits per heavy atom. The summed E-state index contributed by atoms with van der Waals surface area (Å²) in [5.74, 6) is 0. The SMILES string of the molecule is CCCCCCc1c[te]c(-c2cc(CCCCCC)c[te]2)c1. The first-order valence-electron chi connectivity index (χ1n) is 8.98. The average Bonchev–Trinajstić information content (AvgIpc) is 3.17. The molecule has 0 fully saturated rings. The van der Waals surface area contributed by atoms with Crippen LogP contribution in [0.15, 0.2) is 20.3 Å². The van der Waals surface area contributed by atoms with Gasteiger partial charge in [0, 0.05) is 0 Å². The second kappa shape index (κ2) is 11.2. The number of unbranched alkanes of at least 4 members (excludes halogenated alkanes) is 6. The summed E-state index contributed by atoms with van der Waals surface area (Å²) < 4.78 is 8.77. The Morgan fingerprint density at radius 3 is 1.50 bits per heavy atom. The van der Waals surface area contributed by atoms with Crippen LogP contribution in [-0.2, 0) is 12.8 Å². The van der Waals surface area contributed by atoms with Gasteiger partial charge in [-0.05, 0) is 0 Å². The van der Waals surface area contributed by atoms with Gasteiger partial charge >= 0.3 is 158 Å². The molecule has 0 spiro atoms. The van der Waals surface area contributed by atoms with Crippen molar-refractivity contribution in [2.24, 2.45) is 0 Å². The molecule has 2 rings (SSSR count). The molecule has 122 valence electrons. The minimum atomic E-state index is 0.00309. The Bertz CT molecular complexity index is 473. The molecule has 0 saturated heterocycles. The van der Waals surface area contributed by atoms with Crippen molar-refractivity contribution in [2.75, 3.05) is 0 Å². The average molecular weight is 526 g/mol. The second-order valence-electron chi connectivity index (χ2n) is 6.26. The van der Waals surface area contributed by atoms with Crippen LogP contribution in [-0.4, -0.2) is 40.9 Å². The van der Waals surface area contributed by atoms with E-state index in [4.69, 9.17) is 0 Å². The van der Waals surface area contributed by atoms with Gasteiger partial charge in [0.2, 0.25) is 0 Å². The molecule has 0 N–H and O–H groups in total. The van der Waals surface area contributed by atoms with E-state index in [2.05, 4.69) is 34.1 Å². The predicted molar refractivity (Wildman–Crippen MR) is 101 cm³/mol. The standard InChI is InChI=1S/C20H30Te2/c1-3-5-7-9-11-17-13-19(21-15-17)20-14-18(16-22-20)12-10-8-6-4-2/h13-16H,3-12H2,1-2H3. The molecule has 0 amide bonds. The van der Waals surface area contributed by atoms with E-state index >= 15 is 0 Å². The first-order valence-corrected chi connectivity index (χ1v) is 14.0. The van der Waals surface area contributed by atoms with Crippen molar-refractivity contribution in [3.8, 4) is 7.16 Å². The quantitative estimate of drug-likeness (QED) is 0.260. The Morgan fingerprint density at radius 1 is 0.636 bits per heavy atom. The van der Waals surface area contributed by atoms with Gasteiger partial charge in [-0.15, -0.1) is 0 Å². The monoisotopic (exact) mass is 530 g/mol. The van der Waals surface area contributed by atoms with Crippen LogP contribution < -0.4 is 0 Å². The molecule has 0 saturated carbocycles. The summed E-state index contributed by atoms with van der Waals surface area (Å²) in [5, 5.41) is 0. The fourth-order valence-corrected chi connectivity index (χ4v) is 9.53. The van der Waals surface area contributed by atoms with Gasteiger partial charge in [0.15, 0.2) is 0 Å². The van der Waals surface area contributed by atoms with Crippen LogP contribution in [0.2, 0.25) is 0 Å². The number of aryl methyl sites for hydroxylation is 2. The summed E-state index contributed by atoms with van der Waals surface area (Å²) in [5.41, 5.74) is 3.33. The van der Waals surface area contributed by atoms with Crippen molar-refractivity contribution in [3.63, 3.8) is 0 Å². The molecule has 0 aliphatic rings. The van der Waals surface area contributed by atoms with Crippen LogP contribution in [0, 0.1) is 0 Å². The van der Waals surface area contributed by atoms with Gasteiger partial charge in [-0.25, -0.2) is 0 Å². The van der Waals surface area contributed by atoms with Crippen LogP contribution in [0.25, 0.3) is 7.16 Å². The number of rotatable bonds is 11. The molecule has 0 aliphatic carbocycles. The molecule has 0 unspecified atom stereocenters. The Hall–Kier alpha value is 0.539. The third-order valence-corrected chi connectivity index (χ3v) is 11.2. The maximum absolute atomic E-state index is 2.61. The van der Waals surface area contributed by atoms with Gasteiger partial charge in [0.05, 0.1) is 0 Å². The fraction of sp³-hybridized carbons (Fsp3) is 0.600. The van der Waals surface area contributed by atoms with E-state index in [1.807, 2.05) is 0 Å². The summed E-state index contributed by atoms with van der Waals surface area (Å²) in [6, 6.07) is 5.14. The third kappa shape index (κ3) is 6.57. The van der Waals surface area contributed by atoms with Crippen LogP contribution in [0.4, 0.5) is 0 Å². The molecule has 22 heavy (non-hydrogen) atoms. The molecule has 0 atom stereocenters. The Labute approximate surface area is 156 Å². The van der Waals surface area contributed by atoms with Crippen molar-refractivity contribution in [3.05, 3.63) is 31.4 Å². The van der Waals surface area contributed by atoms with E-state index in [1.165, 1.54) is 64.2 Å². The molecule has 2 aromatic heterocycles. The molecule has 2 heteroatoms. The molecular weight excluding hydrogens is 495 g/mol. The van der Waals surface area contributed by atoms with Crippen molar-refractivity contribution in [1.29, 1.82) is 0 Å². The van der Waals surface area contributed by atoms with Gasteiger partial charge in [-0.3, -0.25) is 0 Å². The molecule has 0 aromatic carbocycles. The zero-order valence-corrected chi connectivity index (χ0v) is 18.9. The van der Waals surface area contributed by atoms with Gasteiger partial charge in [0.1, 0.15) is 0 Å². The van der Waals surface area contributed by atoms with Crippen molar-refractivity contribution < 1.29 is 0 Å². The van der Waals surface area contributed by atoms with Crippen LogP contribution >= 0.6 is 0 Å². The number of hydrogen-bond acceptors (Lipinski definition) is 0. The zero-order chi connectivity index (χ0) is 15.6. The van der Waals surface area contributed by atoms with Crippen molar-refractivity contribution in [2.45, 2.75) is 78.1 Å².